The number of hydrogen-bond donors (Lipinski definition) is 2. The number of aryl methyl sites for hydroxylation is 1. The third-order valence-electron chi connectivity index (χ3n) is 2.63. The third kappa shape index (κ3) is 3.13. The maximum atomic E-state index is 12.2. The van der Waals surface area contributed by atoms with E-state index in [1.165, 1.54) is 0 Å². The first-order valence-electron chi connectivity index (χ1n) is 5.76. The molecule has 0 fully saturated rings. The molecule has 0 spiro atoms. The molecule has 1 aromatic heterocycles. The molecule has 0 aliphatic carbocycles. The molecule has 0 saturated heterocycles. The molecule has 1 unspecified atom stereocenters. The van der Waals surface area contributed by atoms with E-state index in [-0.39, 0.29) is 11.9 Å². The maximum absolute atomic E-state index is 12.2. The second-order valence-corrected chi connectivity index (χ2v) is 6.27. The number of aromatic nitrogens is 1. The molecule has 0 aliphatic rings. The molecule has 1 atom stereocenters. The van der Waals surface area contributed by atoms with Crippen LogP contribution in [0.25, 0.3) is 0 Å². The van der Waals surface area contributed by atoms with Gasteiger partial charge in [0.2, 0.25) is 0 Å². The fraction of sp³-hybridized carbons (Fsp3) is 0.231. The van der Waals surface area contributed by atoms with Crippen molar-refractivity contribution in [2.45, 2.75) is 19.9 Å². The Morgan fingerprint density at radius 3 is 2.89 bits per heavy atom. The lowest BCUT2D eigenvalue weighted by Crippen LogP contribution is -2.27. The predicted octanol–water partition coefficient (Wildman–Crippen LogP) is 3.29. The molecule has 2 rings (SSSR count). The highest BCUT2D eigenvalue weighted by Crippen LogP contribution is 2.25. The minimum Gasteiger partial charge on any atom is -0.398 e. The average molecular weight is 340 g/mol. The number of carbonyl (C=O) groups excluding carboxylic acids is 1. The van der Waals surface area contributed by atoms with Crippen molar-refractivity contribution in [2.75, 3.05) is 5.73 Å². The molecular formula is C13H14BrN3OS. The Kier molecular flexibility index (Phi) is 4.21. The molecule has 6 heteroatoms. The number of nitrogen functional groups attached to an aromatic ring is 1. The second kappa shape index (κ2) is 5.71. The number of carbonyl (C=O) groups is 1. The van der Waals surface area contributed by atoms with Crippen LogP contribution in [0.2, 0.25) is 0 Å². The Morgan fingerprint density at radius 2 is 2.26 bits per heavy atom. The summed E-state index contributed by atoms with van der Waals surface area (Å²) < 4.78 is 0.620. The summed E-state index contributed by atoms with van der Waals surface area (Å²) in [6, 6.07) is 5.11. The number of halogens is 1. The highest BCUT2D eigenvalue weighted by Gasteiger charge is 2.16. The summed E-state index contributed by atoms with van der Waals surface area (Å²) in [6.07, 6.45) is 1.80. The van der Waals surface area contributed by atoms with Crippen LogP contribution in [-0.2, 0) is 0 Å². The Morgan fingerprint density at radius 1 is 1.53 bits per heavy atom. The van der Waals surface area contributed by atoms with E-state index in [0.29, 0.717) is 15.7 Å². The quantitative estimate of drug-likeness (QED) is 0.843. The summed E-state index contributed by atoms with van der Waals surface area (Å²) in [5.41, 5.74) is 6.84. The zero-order valence-electron chi connectivity index (χ0n) is 10.6. The van der Waals surface area contributed by atoms with Gasteiger partial charge < -0.3 is 11.1 Å². The number of nitrogens with zero attached hydrogens (tertiary/aromatic N) is 1. The number of rotatable bonds is 3. The van der Waals surface area contributed by atoms with Gasteiger partial charge in [-0.15, -0.1) is 11.3 Å². The van der Waals surface area contributed by atoms with Crippen LogP contribution < -0.4 is 11.1 Å². The molecule has 100 valence electrons. The normalized spacial score (nSPS) is 12.2. The Hall–Kier alpha value is -1.40. The maximum Gasteiger partial charge on any atom is 0.253 e. The van der Waals surface area contributed by atoms with Crippen molar-refractivity contribution in [3.05, 3.63) is 44.3 Å². The Balaban J connectivity index is 2.15. The topological polar surface area (TPSA) is 68.0 Å². The van der Waals surface area contributed by atoms with E-state index in [9.17, 15) is 4.79 Å². The summed E-state index contributed by atoms with van der Waals surface area (Å²) in [7, 11) is 0. The standard InChI is InChI=1S/C13H14BrN3OS/c1-7-6-16-13(19-7)8(2)17-12(18)9-4-3-5-10(15)11(9)14/h3-6,8H,15H2,1-2H3,(H,17,18). The van der Waals surface area contributed by atoms with Gasteiger partial charge in [0.05, 0.1) is 16.1 Å². The molecule has 3 N–H and O–H groups in total. The summed E-state index contributed by atoms with van der Waals surface area (Å²) in [6.45, 7) is 3.90. The van der Waals surface area contributed by atoms with Crippen LogP contribution in [0.5, 0.6) is 0 Å². The van der Waals surface area contributed by atoms with Crippen molar-refractivity contribution in [2.24, 2.45) is 0 Å². The monoisotopic (exact) mass is 339 g/mol. The number of nitrogens with one attached hydrogen (secondary N) is 1. The highest BCUT2D eigenvalue weighted by molar-refractivity contribution is 9.10. The van der Waals surface area contributed by atoms with E-state index in [0.717, 1.165) is 9.88 Å². The van der Waals surface area contributed by atoms with Crippen LogP contribution in [0.15, 0.2) is 28.9 Å². The van der Waals surface area contributed by atoms with Crippen LogP contribution in [-0.4, -0.2) is 10.9 Å². The Labute approximate surface area is 124 Å². The van der Waals surface area contributed by atoms with Gasteiger partial charge in [-0.1, -0.05) is 6.07 Å². The van der Waals surface area contributed by atoms with E-state index in [4.69, 9.17) is 5.73 Å². The molecule has 4 nitrogen and oxygen atoms in total. The minimum absolute atomic E-state index is 0.125. The zero-order chi connectivity index (χ0) is 14.0. The molecule has 0 bridgehead atoms. The fourth-order valence-corrected chi connectivity index (χ4v) is 2.85. The van der Waals surface area contributed by atoms with E-state index < -0.39 is 0 Å². The van der Waals surface area contributed by atoms with Crippen molar-refractivity contribution >= 4 is 38.9 Å². The predicted molar refractivity (Wildman–Crippen MR) is 81.3 cm³/mol. The van der Waals surface area contributed by atoms with Gasteiger partial charge in [0, 0.05) is 16.8 Å². The van der Waals surface area contributed by atoms with Crippen molar-refractivity contribution in [1.82, 2.24) is 10.3 Å². The van der Waals surface area contributed by atoms with Crippen LogP contribution >= 0.6 is 27.3 Å². The SMILES string of the molecule is Cc1cnc(C(C)NC(=O)c2cccc(N)c2Br)s1. The first kappa shape index (κ1) is 14.0. The molecule has 0 saturated carbocycles. The summed E-state index contributed by atoms with van der Waals surface area (Å²) in [5, 5.41) is 3.81. The van der Waals surface area contributed by atoms with E-state index in [1.54, 1.807) is 35.7 Å². The van der Waals surface area contributed by atoms with Crippen molar-refractivity contribution in [1.29, 1.82) is 0 Å². The number of anilines is 1. The van der Waals surface area contributed by atoms with Gasteiger partial charge in [0.15, 0.2) is 0 Å². The number of benzene rings is 1. The van der Waals surface area contributed by atoms with Crippen molar-refractivity contribution < 1.29 is 4.79 Å². The highest BCUT2D eigenvalue weighted by atomic mass is 79.9. The number of thiazole rings is 1. The van der Waals surface area contributed by atoms with Crippen molar-refractivity contribution in [3.8, 4) is 0 Å². The van der Waals surface area contributed by atoms with E-state index in [2.05, 4.69) is 26.2 Å². The number of nitrogens with two attached hydrogens (primary N) is 1. The number of amides is 1. The van der Waals surface area contributed by atoms with Gasteiger partial charge in [0.25, 0.3) is 5.91 Å². The number of hydrogen-bond acceptors (Lipinski definition) is 4. The van der Waals surface area contributed by atoms with Crippen LogP contribution in [0, 0.1) is 6.92 Å². The van der Waals surface area contributed by atoms with Gasteiger partial charge in [-0.2, -0.15) is 0 Å². The molecule has 0 aliphatic heterocycles. The average Bonchev–Trinajstić information content (AvgIpc) is 2.79. The fourth-order valence-electron chi connectivity index (χ4n) is 1.63. The molecule has 19 heavy (non-hydrogen) atoms. The first-order valence-corrected chi connectivity index (χ1v) is 7.37. The van der Waals surface area contributed by atoms with Crippen LogP contribution in [0.3, 0.4) is 0 Å². The van der Waals surface area contributed by atoms with Gasteiger partial charge in [-0.05, 0) is 41.9 Å². The summed E-state index contributed by atoms with van der Waals surface area (Å²) in [4.78, 5) is 17.6. The zero-order valence-corrected chi connectivity index (χ0v) is 13.0. The largest absolute Gasteiger partial charge is 0.398 e. The minimum atomic E-state index is -0.167. The third-order valence-corrected chi connectivity index (χ3v) is 4.61. The van der Waals surface area contributed by atoms with Crippen LogP contribution in [0.4, 0.5) is 5.69 Å². The Bertz CT molecular complexity index is 612. The molecule has 1 amide bonds. The molecule has 0 radical (unpaired) electrons. The van der Waals surface area contributed by atoms with Gasteiger partial charge in [-0.3, -0.25) is 4.79 Å². The smallest absolute Gasteiger partial charge is 0.253 e. The van der Waals surface area contributed by atoms with E-state index >= 15 is 0 Å². The lowest BCUT2D eigenvalue weighted by Gasteiger charge is -2.12. The van der Waals surface area contributed by atoms with Gasteiger partial charge in [0.1, 0.15) is 5.01 Å². The van der Waals surface area contributed by atoms with Gasteiger partial charge >= 0.3 is 0 Å². The lowest BCUT2D eigenvalue weighted by molar-refractivity contribution is 0.0939. The van der Waals surface area contributed by atoms with Gasteiger partial charge in [-0.25, -0.2) is 4.98 Å². The second-order valence-electron chi connectivity index (χ2n) is 4.21. The lowest BCUT2D eigenvalue weighted by atomic mass is 10.2. The molecule has 1 heterocycles. The summed E-state index contributed by atoms with van der Waals surface area (Å²) >= 11 is 4.91. The molecule has 2 aromatic rings. The van der Waals surface area contributed by atoms with Crippen LogP contribution in [0.1, 0.15) is 33.2 Å². The molecule has 1 aromatic carbocycles. The summed E-state index contributed by atoms with van der Waals surface area (Å²) in [5.74, 6) is -0.167. The molecular weight excluding hydrogens is 326 g/mol. The van der Waals surface area contributed by atoms with Crippen molar-refractivity contribution in [3.63, 3.8) is 0 Å². The first-order chi connectivity index (χ1) is 8.99. The van der Waals surface area contributed by atoms with E-state index in [1.807, 2.05) is 13.8 Å².